The molecule has 0 saturated heterocycles. The van der Waals surface area contributed by atoms with Crippen LogP contribution in [0.2, 0.25) is 0 Å². The SMILES string of the molecule is CCCNC(Cc1ccsc1)C1CCC(CC)CC1. The Hall–Kier alpha value is -0.340. The van der Waals surface area contributed by atoms with E-state index in [0.29, 0.717) is 6.04 Å². The van der Waals surface area contributed by atoms with Crippen molar-refractivity contribution >= 4 is 11.3 Å². The predicted molar refractivity (Wildman–Crippen MR) is 85.8 cm³/mol. The Kier molecular flexibility index (Phi) is 6.39. The average molecular weight is 279 g/mol. The van der Waals surface area contributed by atoms with Gasteiger partial charge in [0.05, 0.1) is 0 Å². The Morgan fingerprint density at radius 1 is 1.26 bits per heavy atom. The zero-order valence-electron chi connectivity index (χ0n) is 12.5. The summed E-state index contributed by atoms with van der Waals surface area (Å²) >= 11 is 1.83. The maximum absolute atomic E-state index is 3.81. The maximum atomic E-state index is 3.81. The second-order valence-corrected chi connectivity index (χ2v) is 6.87. The molecule has 1 saturated carbocycles. The van der Waals surface area contributed by atoms with E-state index in [-0.39, 0.29) is 0 Å². The van der Waals surface area contributed by atoms with Gasteiger partial charge in [0.2, 0.25) is 0 Å². The molecule has 1 N–H and O–H groups in total. The van der Waals surface area contributed by atoms with Crippen LogP contribution in [0, 0.1) is 11.8 Å². The highest BCUT2D eigenvalue weighted by atomic mass is 32.1. The van der Waals surface area contributed by atoms with Crippen molar-refractivity contribution < 1.29 is 0 Å². The van der Waals surface area contributed by atoms with Crippen LogP contribution in [-0.4, -0.2) is 12.6 Å². The van der Waals surface area contributed by atoms with Crippen molar-refractivity contribution in [2.24, 2.45) is 11.8 Å². The number of thiophene rings is 1. The summed E-state index contributed by atoms with van der Waals surface area (Å²) in [6.45, 7) is 5.79. The molecule has 0 spiro atoms. The van der Waals surface area contributed by atoms with Gasteiger partial charge in [-0.2, -0.15) is 11.3 Å². The molecule has 0 amide bonds. The fourth-order valence-electron chi connectivity index (χ4n) is 3.40. The average Bonchev–Trinajstić information content (AvgIpc) is 2.96. The van der Waals surface area contributed by atoms with Gasteiger partial charge in [-0.15, -0.1) is 0 Å². The summed E-state index contributed by atoms with van der Waals surface area (Å²) in [5.41, 5.74) is 1.52. The molecule has 1 unspecified atom stereocenters. The van der Waals surface area contributed by atoms with Crippen LogP contribution < -0.4 is 5.32 Å². The minimum Gasteiger partial charge on any atom is -0.313 e. The molecule has 1 aromatic heterocycles. The first-order valence-corrected chi connectivity index (χ1v) is 9.02. The molecule has 2 rings (SSSR count). The monoisotopic (exact) mass is 279 g/mol. The Bertz CT molecular complexity index is 325. The summed E-state index contributed by atoms with van der Waals surface area (Å²) in [5, 5.41) is 8.34. The lowest BCUT2D eigenvalue weighted by molar-refractivity contribution is 0.216. The van der Waals surface area contributed by atoms with E-state index in [2.05, 4.69) is 36.0 Å². The molecule has 1 aliphatic rings. The van der Waals surface area contributed by atoms with Gasteiger partial charge in [0.1, 0.15) is 0 Å². The van der Waals surface area contributed by atoms with E-state index in [1.807, 2.05) is 11.3 Å². The van der Waals surface area contributed by atoms with Gasteiger partial charge in [0.25, 0.3) is 0 Å². The molecule has 1 nitrogen and oxygen atoms in total. The maximum Gasteiger partial charge on any atom is 0.0136 e. The lowest BCUT2D eigenvalue weighted by Gasteiger charge is -2.34. The van der Waals surface area contributed by atoms with Gasteiger partial charge in [-0.05, 0) is 66.5 Å². The van der Waals surface area contributed by atoms with Crippen LogP contribution in [0.1, 0.15) is 57.9 Å². The highest BCUT2D eigenvalue weighted by Crippen LogP contribution is 2.33. The molecular weight excluding hydrogens is 250 g/mol. The van der Waals surface area contributed by atoms with Crippen LogP contribution in [0.5, 0.6) is 0 Å². The van der Waals surface area contributed by atoms with E-state index in [0.717, 1.165) is 11.8 Å². The topological polar surface area (TPSA) is 12.0 Å². The smallest absolute Gasteiger partial charge is 0.0136 e. The minimum atomic E-state index is 0.701. The van der Waals surface area contributed by atoms with Gasteiger partial charge in [-0.25, -0.2) is 0 Å². The summed E-state index contributed by atoms with van der Waals surface area (Å²) in [7, 11) is 0. The lowest BCUT2D eigenvalue weighted by atomic mass is 9.76. The summed E-state index contributed by atoms with van der Waals surface area (Å²) in [5.74, 6) is 1.90. The van der Waals surface area contributed by atoms with Gasteiger partial charge in [0, 0.05) is 6.04 Å². The second kappa shape index (κ2) is 8.06. The van der Waals surface area contributed by atoms with Crippen LogP contribution in [-0.2, 0) is 6.42 Å². The lowest BCUT2D eigenvalue weighted by Crippen LogP contribution is -2.40. The zero-order chi connectivity index (χ0) is 13.5. The van der Waals surface area contributed by atoms with Gasteiger partial charge in [0.15, 0.2) is 0 Å². The summed E-state index contributed by atoms with van der Waals surface area (Å²) in [4.78, 5) is 0. The molecule has 1 aliphatic carbocycles. The van der Waals surface area contributed by atoms with Crippen molar-refractivity contribution in [3.05, 3.63) is 22.4 Å². The standard InChI is InChI=1S/C17H29NS/c1-3-10-18-17(12-15-9-11-19-13-15)16-7-5-14(4-2)6-8-16/h9,11,13-14,16-18H,3-8,10,12H2,1-2H3. The molecule has 0 aliphatic heterocycles. The molecule has 0 bridgehead atoms. The highest BCUT2D eigenvalue weighted by Gasteiger charge is 2.26. The van der Waals surface area contributed by atoms with E-state index in [1.54, 1.807) is 0 Å². The molecule has 1 heterocycles. The molecule has 1 fully saturated rings. The van der Waals surface area contributed by atoms with Gasteiger partial charge < -0.3 is 5.32 Å². The Labute approximate surface area is 122 Å². The van der Waals surface area contributed by atoms with Crippen LogP contribution in [0.3, 0.4) is 0 Å². The first-order chi connectivity index (χ1) is 9.33. The molecular formula is C17H29NS. The van der Waals surface area contributed by atoms with Gasteiger partial charge >= 0.3 is 0 Å². The normalized spacial score (nSPS) is 25.4. The molecule has 108 valence electrons. The van der Waals surface area contributed by atoms with Crippen molar-refractivity contribution in [3.8, 4) is 0 Å². The Morgan fingerprint density at radius 2 is 2.05 bits per heavy atom. The summed E-state index contributed by atoms with van der Waals surface area (Å²) in [6, 6.07) is 3.00. The minimum absolute atomic E-state index is 0.701. The third-order valence-electron chi connectivity index (χ3n) is 4.73. The van der Waals surface area contributed by atoms with Crippen LogP contribution in [0.4, 0.5) is 0 Å². The van der Waals surface area contributed by atoms with Gasteiger partial charge in [-0.3, -0.25) is 0 Å². The molecule has 1 aromatic rings. The van der Waals surface area contributed by atoms with Gasteiger partial charge in [-0.1, -0.05) is 33.1 Å². The highest BCUT2D eigenvalue weighted by molar-refractivity contribution is 7.07. The van der Waals surface area contributed by atoms with Crippen molar-refractivity contribution in [3.63, 3.8) is 0 Å². The zero-order valence-corrected chi connectivity index (χ0v) is 13.3. The number of hydrogen-bond donors (Lipinski definition) is 1. The van der Waals surface area contributed by atoms with E-state index in [4.69, 9.17) is 0 Å². The van der Waals surface area contributed by atoms with Crippen molar-refractivity contribution in [1.82, 2.24) is 5.32 Å². The molecule has 2 heteroatoms. The second-order valence-electron chi connectivity index (χ2n) is 6.09. The van der Waals surface area contributed by atoms with Crippen LogP contribution in [0.25, 0.3) is 0 Å². The van der Waals surface area contributed by atoms with Crippen molar-refractivity contribution in [1.29, 1.82) is 0 Å². The first-order valence-electron chi connectivity index (χ1n) is 8.07. The van der Waals surface area contributed by atoms with E-state index < -0.39 is 0 Å². The molecule has 0 aromatic carbocycles. The Morgan fingerprint density at radius 3 is 2.63 bits per heavy atom. The molecule has 1 atom stereocenters. The van der Waals surface area contributed by atoms with Crippen LogP contribution >= 0.6 is 11.3 Å². The third kappa shape index (κ3) is 4.61. The Balaban J connectivity index is 1.89. The summed E-state index contributed by atoms with van der Waals surface area (Å²) < 4.78 is 0. The quantitative estimate of drug-likeness (QED) is 0.750. The van der Waals surface area contributed by atoms with E-state index in [1.165, 1.54) is 57.1 Å². The fourth-order valence-corrected chi connectivity index (χ4v) is 4.08. The number of nitrogens with one attached hydrogen (secondary N) is 1. The molecule has 19 heavy (non-hydrogen) atoms. The predicted octanol–water partition coefficient (Wildman–Crippen LogP) is 4.88. The van der Waals surface area contributed by atoms with Crippen molar-refractivity contribution in [2.75, 3.05) is 6.54 Å². The molecule has 0 radical (unpaired) electrons. The number of rotatable bonds is 7. The summed E-state index contributed by atoms with van der Waals surface area (Å²) in [6.07, 6.45) is 9.62. The van der Waals surface area contributed by atoms with Crippen molar-refractivity contribution in [2.45, 2.75) is 64.8 Å². The van der Waals surface area contributed by atoms with E-state index in [9.17, 15) is 0 Å². The van der Waals surface area contributed by atoms with E-state index >= 15 is 0 Å². The third-order valence-corrected chi connectivity index (χ3v) is 5.46. The van der Waals surface area contributed by atoms with Crippen LogP contribution in [0.15, 0.2) is 16.8 Å². The fraction of sp³-hybridized carbons (Fsp3) is 0.765. The largest absolute Gasteiger partial charge is 0.313 e. The number of hydrogen-bond acceptors (Lipinski definition) is 2. The first kappa shape index (κ1) is 15.1.